The first-order valence-corrected chi connectivity index (χ1v) is 6.63. The van der Waals surface area contributed by atoms with Gasteiger partial charge in [0.25, 0.3) is 0 Å². The lowest BCUT2D eigenvalue weighted by molar-refractivity contribution is -0.116. The molecule has 1 rings (SSSR count). The van der Waals surface area contributed by atoms with Gasteiger partial charge in [0.05, 0.1) is 0 Å². The normalized spacial score (nSPS) is 12.5. The summed E-state index contributed by atoms with van der Waals surface area (Å²) in [5.74, 6) is 0.879. The van der Waals surface area contributed by atoms with E-state index in [1.54, 1.807) is 0 Å². The fraction of sp³-hybridized carbons (Fsp3) is 0.533. The highest BCUT2D eigenvalue weighted by atomic mass is 16.1. The molecule has 0 aliphatic carbocycles. The van der Waals surface area contributed by atoms with Crippen molar-refractivity contribution in [2.75, 3.05) is 11.9 Å². The van der Waals surface area contributed by atoms with Gasteiger partial charge in [-0.15, -0.1) is 0 Å². The minimum Gasteiger partial charge on any atom is -0.330 e. The van der Waals surface area contributed by atoms with Crippen molar-refractivity contribution in [2.24, 2.45) is 11.7 Å². The summed E-state index contributed by atoms with van der Waals surface area (Å²) in [5.41, 5.74) is 7.65. The summed E-state index contributed by atoms with van der Waals surface area (Å²) in [6.07, 6.45) is 1.37. The smallest absolute Gasteiger partial charge is 0.224 e. The lowest BCUT2D eigenvalue weighted by Gasteiger charge is -2.14. The first-order chi connectivity index (χ1) is 8.54. The molecule has 3 nitrogen and oxygen atoms in total. The third kappa shape index (κ3) is 4.49. The average Bonchev–Trinajstić information content (AvgIpc) is 2.36. The van der Waals surface area contributed by atoms with E-state index in [2.05, 4.69) is 32.2 Å². The van der Waals surface area contributed by atoms with Gasteiger partial charge in [-0.2, -0.15) is 0 Å². The summed E-state index contributed by atoms with van der Waals surface area (Å²) in [4.78, 5) is 11.9. The number of nitrogens with one attached hydrogen (secondary N) is 1. The number of nitrogens with two attached hydrogens (primary N) is 1. The van der Waals surface area contributed by atoms with Gasteiger partial charge in [-0.1, -0.05) is 39.0 Å². The number of rotatable bonds is 6. The molecule has 1 amide bonds. The second-order valence-electron chi connectivity index (χ2n) is 5.17. The predicted molar refractivity (Wildman–Crippen MR) is 76.6 cm³/mol. The van der Waals surface area contributed by atoms with Gasteiger partial charge >= 0.3 is 0 Å². The lowest BCUT2D eigenvalue weighted by Crippen LogP contribution is -2.17. The highest BCUT2D eigenvalue weighted by molar-refractivity contribution is 5.91. The fourth-order valence-electron chi connectivity index (χ4n) is 1.82. The maximum Gasteiger partial charge on any atom is 0.224 e. The molecule has 0 saturated heterocycles. The third-order valence-corrected chi connectivity index (χ3v) is 3.12. The van der Waals surface area contributed by atoms with E-state index in [-0.39, 0.29) is 5.91 Å². The molecule has 0 aliphatic heterocycles. The third-order valence-electron chi connectivity index (χ3n) is 3.12. The Labute approximate surface area is 110 Å². The van der Waals surface area contributed by atoms with Crippen molar-refractivity contribution in [3.63, 3.8) is 0 Å². The zero-order valence-corrected chi connectivity index (χ0v) is 11.6. The molecule has 0 heterocycles. The van der Waals surface area contributed by atoms with Gasteiger partial charge in [0.2, 0.25) is 5.91 Å². The quantitative estimate of drug-likeness (QED) is 0.812. The van der Waals surface area contributed by atoms with Gasteiger partial charge in [-0.05, 0) is 36.4 Å². The zero-order valence-electron chi connectivity index (χ0n) is 11.6. The first-order valence-electron chi connectivity index (χ1n) is 6.63. The van der Waals surface area contributed by atoms with Gasteiger partial charge in [-0.25, -0.2) is 0 Å². The molecule has 0 radical (unpaired) electrons. The minimum atomic E-state index is 0.0726. The summed E-state index contributed by atoms with van der Waals surface area (Å²) in [5, 5.41) is 2.99. The number of amides is 1. The standard InChI is InChI=1S/C15H24N2O/c1-11(2)13-6-4-5-7-14(13)17-15(18)9-8-12(3)10-16/h4-7,11-12H,8-10,16H2,1-3H3,(H,17,18). The van der Waals surface area contributed by atoms with Gasteiger partial charge in [0.1, 0.15) is 0 Å². The maximum atomic E-state index is 11.9. The van der Waals surface area contributed by atoms with Crippen molar-refractivity contribution < 1.29 is 4.79 Å². The monoisotopic (exact) mass is 248 g/mol. The number of benzene rings is 1. The topological polar surface area (TPSA) is 55.1 Å². The van der Waals surface area contributed by atoms with E-state index in [9.17, 15) is 4.79 Å². The predicted octanol–water partition coefficient (Wildman–Crippen LogP) is 3.12. The molecule has 1 aromatic rings. The van der Waals surface area contributed by atoms with Crippen LogP contribution in [0.4, 0.5) is 5.69 Å². The number of para-hydroxylation sites is 1. The summed E-state index contributed by atoms with van der Waals surface area (Å²) in [6.45, 7) is 6.95. The molecule has 0 bridgehead atoms. The largest absolute Gasteiger partial charge is 0.330 e. The van der Waals surface area contributed by atoms with Crippen molar-refractivity contribution in [1.82, 2.24) is 0 Å². The van der Waals surface area contributed by atoms with E-state index < -0.39 is 0 Å². The second kappa shape index (κ2) is 7.17. The van der Waals surface area contributed by atoms with Crippen LogP contribution in [0.3, 0.4) is 0 Å². The van der Waals surface area contributed by atoms with Crippen LogP contribution in [0.1, 0.15) is 45.1 Å². The van der Waals surface area contributed by atoms with Gasteiger partial charge < -0.3 is 11.1 Å². The van der Waals surface area contributed by atoms with E-state index in [1.165, 1.54) is 5.56 Å². The highest BCUT2D eigenvalue weighted by Gasteiger charge is 2.10. The van der Waals surface area contributed by atoms with Crippen molar-refractivity contribution in [2.45, 2.75) is 39.5 Å². The minimum absolute atomic E-state index is 0.0726. The Hall–Kier alpha value is -1.35. The molecule has 3 N–H and O–H groups in total. The summed E-state index contributed by atoms with van der Waals surface area (Å²) < 4.78 is 0. The van der Waals surface area contributed by atoms with Crippen LogP contribution in [0.5, 0.6) is 0 Å². The van der Waals surface area contributed by atoms with Gasteiger partial charge in [0, 0.05) is 12.1 Å². The lowest BCUT2D eigenvalue weighted by atomic mass is 10.0. The molecule has 0 fully saturated rings. The zero-order chi connectivity index (χ0) is 13.5. The molecule has 3 heteroatoms. The summed E-state index contributed by atoms with van der Waals surface area (Å²) in [6, 6.07) is 7.97. The Morgan fingerprint density at radius 1 is 1.28 bits per heavy atom. The van der Waals surface area contributed by atoms with E-state index >= 15 is 0 Å². The van der Waals surface area contributed by atoms with Crippen molar-refractivity contribution in [1.29, 1.82) is 0 Å². The first kappa shape index (κ1) is 14.7. The Kier molecular flexibility index (Phi) is 5.86. The average molecular weight is 248 g/mol. The molecule has 0 spiro atoms. The number of carbonyl (C=O) groups excluding carboxylic acids is 1. The number of hydrogen-bond acceptors (Lipinski definition) is 2. The van der Waals surface area contributed by atoms with Crippen LogP contribution in [0, 0.1) is 5.92 Å². The van der Waals surface area contributed by atoms with Crippen molar-refractivity contribution >= 4 is 11.6 Å². The van der Waals surface area contributed by atoms with Crippen molar-refractivity contribution in [3.05, 3.63) is 29.8 Å². The molecule has 1 aromatic carbocycles. The molecule has 18 heavy (non-hydrogen) atoms. The number of carbonyl (C=O) groups is 1. The van der Waals surface area contributed by atoms with Crippen LogP contribution < -0.4 is 11.1 Å². The summed E-state index contributed by atoms with van der Waals surface area (Å²) in [7, 11) is 0. The summed E-state index contributed by atoms with van der Waals surface area (Å²) >= 11 is 0. The number of anilines is 1. The molecule has 1 unspecified atom stereocenters. The Bertz CT molecular complexity index is 388. The van der Waals surface area contributed by atoms with Crippen LogP contribution in [0.15, 0.2) is 24.3 Å². The van der Waals surface area contributed by atoms with Crippen LogP contribution in [0.25, 0.3) is 0 Å². The highest BCUT2D eigenvalue weighted by Crippen LogP contribution is 2.23. The Morgan fingerprint density at radius 2 is 1.94 bits per heavy atom. The van der Waals surface area contributed by atoms with E-state index in [0.29, 0.717) is 24.8 Å². The maximum absolute atomic E-state index is 11.9. The van der Waals surface area contributed by atoms with Crippen LogP contribution in [-0.4, -0.2) is 12.5 Å². The van der Waals surface area contributed by atoms with Crippen LogP contribution >= 0.6 is 0 Å². The second-order valence-corrected chi connectivity index (χ2v) is 5.17. The Balaban J connectivity index is 2.59. The van der Waals surface area contributed by atoms with Gasteiger partial charge in [0.15, 0.2) is 0 Å². The van der Waals surface area contributed by atoms with E-state index in [1.807, 2.05) is 18.2 Å². The molecule has 0 saturated carbocycles. The fourth-order valence-corrected chi connectivity index (χ4v) is 1.82. The van der Waals surface area contributed by atoms with E-state index in [0.717, 1.165) is 12.1 Å². The SMILES string of the molecule is CC(CN)CCC(=O)Nc1ccccc1C(C)C. The number of hydrogen-bond donors (Lipinski definition) is 2. The van der Waals surface area contributed by atoms with Crippen LogP contribution in [0.2, 0.25) is 0 Å². The molecule has 0 aromatic heterocycles. The molecule has 1 atom stereocenters. The molecule has 0 aliphatic rings. The van der Waals surface area contributed by atoms with Crippen LogP contribution in [-0.2, 0) is 4.79 Å². The molecule has 100 valence electrons. The van der Waals surface area contributed by atoms with Crippen molar-refractivity contribution in [3.8, 4) is 0 Å². The van der Waals surface area contributed by atoms with Gasteiger partial charge in [-0.3, -0.25) is 4.79 Å². The molecular weight excluding hydrogens is 224 g/mol. The Morgan fingerprint density at radius 3 is 2.56 bits per heavy atom. The van der Waals surface area contributed by atoms with E-state index in [4.69, 9.17) is 5.73 Å². The molecular formula is C15H24N2O.